The van der Waals surface area contributed by atoms with Gasteiger partial charge in [-0.2, -0.15) is 0 Å². The summed E-state index contributed by atoms with van der Waals surface area (Å²) in [6, 6.07) is 6.43. The predicted molar refractivity (Wildman–Crippen MR) is 83.8 cm³/mol. The van der Waals surface area contributed by atoms with Gasteiger partial charge in [-0.3, -0.25) is 0 Å². The summed E-state index contributed by atoms with van der Waals surface area (Å²) in [4.78, 5) is 2.42. The number of halogens is 2. The number of likely N-dealkylation sites (tertiary alicyclic amines) is 1. The highest BCUT2D eigenvalue weighted by molar-refractivity contribution is 9.13. The SMILES string of the molecule is CN1CCC(CNCc2ccc(Br)c(Br)c2)CC1. The molecule has 1 aromatic rings. The summed E-state index contributed by atoms with van der Waals surface area (Å²) in [7, 11) is 2.21. The van der Waals surface area contributed by atoms with E-state index in [9.17, 15) is 0 Å². The minimum Gasteiger partial charge on any atom is -0.312 e. The molecule has 1 fully saturated rings. The molecule has 1 aliphatic rings. The first kappa shape index (κ1) is 14.5. The summed E-state index contributed by atoms with van der Waals surface area (Å²) < 4.78 is 2.24. The van der Waals surface area contributed by atoms with E-state index in [1.165, 1.54) is 31.5 Å². The van der Waals surface area contributed by atoms with Crippen molar-refractivity contribution in [3.63, 3.8) is 0 Å². The summed E-state index contributed by atoms with van der Waals surface area (Å²) in [5, 5.41) is 3.58. The van der Waals surface area contributed by atoms with Crippen molar-refractivity contribution in [2.45, 2.75) is 19.4 Å². The Bertz CT molecular complexity index is 387. The van der Waals surface area contributed by atoms with E-state index >= 15 is 0 Å². The lowest BCUT2D eigenvalue weighted by molar-refractivity contribution is 0.216. The van der Waals surface area contributed by atoms with Crippen LogP contribution in [0.1, 0.15) is 18.4 Å². The summed E-state index contributed by atoms with van der Waals surface area (Å²) >= 11 is 7.03. The van der Waals surface area contributed by atoms with Crippen LogP contribution >= 0.6 is 31.9 Å². The molecule has 0 unspecified atom stereocenters. The maximum absolute atomic E-state index is 3.58. The summed E-state index contributed by atoms with van der Waals surface area (Å²) in [6.45, 7) is 4.59. The molecule has 0 radical (unpaired) electrons. The molecular formula is C14H20Br2N2. The van der Waals surface area contributed by atoms with E-state index in [-0.39, 0.29) is 0 Å². The van der Waals surface area contributed by atoms with Gasteiger partial charge in [-0.05, 0) is 95.0 Å². The lowest BCUT2D eigenvalue weighted by atomic mass is 9.97. The fourth-order valence-electron chi connectivity index (χ4n) is 2.34. The van der Waals surface area contributed by atoms with Gasteiger partial charge in [0.05, 0.1) is 0 Å². The highest BCUT2D eigenvalue weighted by atomic mass is 79.9. The van der Waals surface area contributed by atoms with Crippen molar-refractivity contribution in [2.75, 3.05) is 26.7 Å². The molecular weight excluding hydrogens is 356 g/mol. The molecule has 0 atom stereocenters. The second kappa shape index (κ2) is 7.04. The third kappa shape index (κ3) is 4.34. The second-order valence-corrected chi connectivity index (χ2v) is 6.83. The average Bonchev–Trinajstić information content (AvgIpc) is 2.36. The van der Waals surface area contributed by atoms with E-state index in [0.29, 0.717) is 0 Å². The number of nitrogens with one attached hydrogen (secondary N) is 1. The Morgan fingerprint density at radius 3 is 2.61 bits per heavy atom. The first-order valence-electron chi connectivity index (χ1n) is 6.48. The van der Waals surface area contributed by atoms with Gasteiger partial charge >= 0.3 is 0 Å². The van der Waals surface area contributed by atoms with Crippen molar-refractivity contribution in [1.82, 2.24) is 10.2 Å². The molecule has 1 N–H and O–H groups in total. The Labute approximate surface area is 126 Å². The Balaban J connectivity index is 1.73. The number of rotatable bonds is 4. The molecule has 1 aliphatic heterocycles. The number of hydrogen-bond donors (Lipinski definition) is 1. The lowest BCUT2D eigenvalue weighted by Gasteiger charge is -2.29. The second-order valence-electron chi connectivity index (χ2n) is 5.13. The maximum atomic E-state index is 3.58. The fourth-order valence-corrected chi connectivity index (χ4v) is 3.01. The summed E-state index contributed by atoms with van der Waals surface area (Å²) in [6.07, 6.45) is 2.65. The van der Waals surface area contributed by atoms with Gasteiger partial charge in [0.15, 0.2) is 0 Å². The highest BCUT2D eigenvalue weighted by Gasteiger charge is 2.15. The fraction of sp³-hybridized carbons (Fsp3) is 0.571. The van der Waals surface area contributed by atoms with Crippen molar-refractivity contribution >= 4 is 31.9 Å². The van der Waals surface area contributed by atoms with Gasteiger partial charge in [0.1, 0.15) is 0 Å². The van der Waals surface area contributed by atoms with E-state index in [0.717, 1.165) is 28.0 Å². The van der Waals surface area contributed by atoms with Gasteiger partial charge in [0, 0.05) is 15.5 Å². The zero-order valence-corrected chi connectivity index (χ0v) is 13.9. The zero-order valence-electron chi connectivity index (χ0n) is 10.8. The third-order valence-electron chi connectivity index (χ3n) is 3.58. The van der Waals surface area contributed by atoms with Gasteiger partial charge in [-0.1, -0.05) is 6.07 Å². The Morgan fingerprint density at radius 1 is 1.22 bits per heavy atom. The molecule has 0 saturated carbocycles. The van der Waals surface area contributed by atoms with Crippen LogP contribution in [0.15, 0.2) is 27.1 Å². The smallest absolute Gasteiger partial charge is 0.0320 e. The van der Waals surface area contributed by atoms with E-state index in [1.54, 1.807) is 0 Å². The van der Waals surface area contributed by atoms with Crippen LogP contribution < -0.4 is 5.32 Å². The largest absolute Gasteiger partial charge is 0.312 e. The minimum atomic E-state index is 0.847. The quantitative estimate of drug-likeness (QED) is 0.864. The third-order valence-corrected chi connectivity index (χ3v) is 5.46. The first-order valence-corrected chi connectivity index (χ1v) is 8.07. The van der Waals surface area contributed by atoms with Crippen molar-refractivity contribution in [1.29, 1.82) is 0 Å². The standard InChI is InChI=1S/C14H20Br2N2/c1-18-6-4-11(5-7-18)9-17-10-12-2-3-13(15)14(16)8-12/h2-3,8,11,17H,4-7,9-10H2,1H3. The first-order chi connectivity index (χ1) is 8.65. The minimum absolute atomic E-state index is 0.847. The Morgan fingerprint density at radius 2 is 1.94 bits per heavy atom. The molecule has 1 heterocycles. The van der Waals surface area contributed by atoms with Crippen LogP contribution in [0.2, 0.25) is 0 Å². The molecule has 100 valence electrons. The molecule has 18 heavy (non-hydrogen) atoms. The normalized spacial score (nSPS) is 18.2. The summed E-state index contributed by atoms with van der Waals surface area (Å²) in [5.74, 6) is 0.847. The molecule has 0 amide bonds. The molecule has 2 rings (SSSR count). The van der Waals surface area contributed by atoms with Gasteiger partial charge in [0.25, 0.3) is 0 Å². The van der Waals surface area contributed by atoms with Gasteiger partial charge in [-0.15, -0.1) is 0 Å². The van der Waals surface area contributed by atoms with Gasteiger partial charge in [0.2, 0.25) is 0 Å². The van der Waals surface area contributed by atoms with Crippen LogP contribution in [-0.4, -0.2) is 31.6 Å². The summed E-state index contributed by atoms with van der Waals surface area (Å²) in [5.41, 5.74) is 1.33. The van der Waals surface area contributed by atoms with Crippen LogP contribution in [0.5, 0.6) is 0 Å². The van der Waals surface area contributed by atoms with Crippen molar-refractivity contribution in [2.24, 2.45) is 5.92 Å². The number of nitrogens with zero attached hydrogens (tertiary/aromatic N) is 1. The molecule has 0 aromatic heterocycles. The van der Waals surface area contributed by atoms with E-state index in [2.05, 4.69) is 67.3 Å². The maximum Gasteiger partial charge on any atom is 0.0320 e. The lowest BCUT2D eigenvalue weighted by Crippen LogP contribution is -2.34. The van der Waals surface area contributed by atoms with E-state index < -0.39 is 0 Å². The van der Waals surface area contributed by atoms with Crippen LogP contribution in [-0.2, 0) is 6.54 Å². The Hall–Kier alpha value is 0.1000. The highest BCUT2D eigenvalue weighted by Crippen LogP contribution is 2.23. The van der Waals surface area contributed by atoms with Crippen LogP contribution in [0.25, 0.3) is 0 Å². The number of benzene rings is 1. The molecule has 0 spiro atoms. The number of piperidine rings is 1. The van der Waals surface area contributed by atoms with Crippen molar-refractivity contribution < 1.29 is 0 Å². The molecule has 0 bridgehead atoms. The molecule has 0 aliphatic carbocycles. The van der Waals surface area contributed by atoms with Crippen molar-refractivity contribution in [3.05, 3.63) is 32.7 Å². The van der Waals surface area contributed by atoms with Gasteiger partial charge in [-0.25, -0.2) is 0 Å². The molecule has 1 saturated heterocycles. The molecule has 4 heteroatoms. The zero-order chi connectivity index (χ0) is 13.0. The Kier molecular flexibility index (Phi) is 5.67. The topological polar surface area (TPSA) is 15.3 Å². The van der Waals surface area contributed by atoms with Gasteiger partial charge < -0.3 is 10.2 Å². The van der Waals surface area contributed by atoms with E-state index in [1.807, 2.05) is 0 Å². The molecule has 2 nitrogen and oxygen atoms in total. The van der Waals surface area contributed by atoms with Crippen molar-refractivity contribution in [3.8, 4) is 0 Å². The predicted octanol–water partition coefficient (Wildman–Crippen LogP) is 3.64. The monoisotopic (exact) mass is 374 g/mol. The van der Waals surface area contributed by atoms with Crippen LogP contribution in [0, 0.1) is 5.92 Å². The van der Waals surface area contributed by atoms with E-state index in [4.69, 9.17) is 0 Å². The van der Waals surface area contributed by atoms with Crippen LogP contribution in [0.3, 0.4) is 0 Å². The average molecular weight is 376 g/mol. The molecule has 1 aromatic carbocycles. The van der Waals surface area contributed by atoms with Crippen LogP contribution in [0.4, 0.5) is 0 Å². The number of hydrogen-bond acceptors (Lipinski definition) is 2.